The number of hydrogen-bond donors (Lipinski definition) is 1. The van der Waals surface area contributed by atoms with Crippen LogP contribution in [0.5, 0.6) is 5.75 Å². The van der Waals surface area contributed by atoms with Crippen LogP contribution in [0.1, 0.15) is 20.3 Å². The summed E-state index contributed by atoms with van der Waals surface area (Å²) < 4.78 is 19.1. The largest absolute Gasteiger partial charge is 0.491 e. The standard InChI is InChI=1S/C15H24FN3O/c1-4-20-15-9-14(13(17)8-12(15)16)19-7-5-6-18(3)10-11(19)2/h8-9,11H,4-7,10,17H2,1-3H3. The quantitative estimate of drug-likeness (QED) is 0.864. The number of nitrogens with two attached hydrogens (primary N) is 1. The number of nitrogen functional groups attached to an aromatic ring is 1. The molecule has 0 spiro atoms. The zero-order valence-corrected chi connectivity index (χ0v) is 12.5. The van der Waals surface area contributed by atoms with E-state index in [2.05, 4.69) is 23.8 Å². The minimum Gasteiger partial charge on any atom is -0.491 e. The Morgan fingerprint density at radius 3 is 2.85 bits per heavy atom. The first-order valence-electron chi connectivity index (χ1n) is 7.20. The van der Waals surface area contributed by atoms with Crippen LogP contribution in [0.25, 0.3) is 0 Å². The van der Waals surface area contributed by atoms with Gasteiger partial charge in [-0.3, -0.25) is 0 Å². The van der Waals surface area contributed by atoms with Crippen molar-refractivity contribution < 1.29 is 9.13 Å². The van der Waals surface area contributed by atoms with Crippen LogP contribution < -0.4 is 15.4 Å². The fraction of sp³-hybridized carbons (Fsp3) is 0.600. The van der Waals surface area contributed by atoms with Crippen LogP contribution in [0.4, 0.5) is 15.8 Å². The SMILES string of the molecule is CCOc1cc(N2CCCN(C)CC2C)c(N)cc1F. The van der Waals surface area contributed by atoms with Crippen molar-refractivity contribution in [3.8, 4) is 5.75 Å². The van der Waals surface area contributed by atoms with Crippen molar-refractivity contribution >= 4 is 11.4 Å². The van der Waals surface area contributed by atoms with E-state index in [9.17, 15) is 4.39 Å². The molecule has 5 heteroatoms. The fourth-order valence-corrected chi connectivity index (χ4v) is 2.80. The molecule has 0 radical (unpaired) electrons. The minimum absolute atomic E-state index is 0.279. The molecule has 1 aromatic rings. The predicted molar refractivity (Wildman–Crippen MR) is 80.9 cm³/mol. The van der Waals surface area contributed by atoms with Gasteiger partial charge in [0.15, 0.2) is 11.6 Å². The van der Waals surface area contributed by atoms with Gasteiger partial charge in [0.2, 0.25) is 0 Å². The molecule has 1 aliphatic heterocycles. The Labute approximate surface area is 120 Å². The number of hydrogen-bond acceptors (Lipinski definition) is 4. The molecule has 4 nitrogen and oxygen atoms in total. The number of rotatable bonds is 3. The summed E-state index contributed by atoms with van der Waals surface area (Å²) >= 11 is 0. The van der Waals surface area contributed by atoms with Crippen molar-refractivity contribution in [2.45, 2.75) is 26.3 Å². The summed E-state index contributed by atoms with van der Waals surface area (Å²) in [6.45, 7) is 7.43. The third-order valence-electron chi connectivity index (χ3n) is 3.74. The number of benzene rings is 1. The Kier molecular flexibility index (Phi) is 4.70. The number of likely N-dealkylation sites (N-methyl/N-ethyl adjacent to an activating group) is 1. The third kappa shape index (κ3) is 3.15. The zero-order valence-electron chi connectivity index (χ0n) is 12.5. The number of halogens is 1. The lowest BCUT2D eigenvalue weighted by molar-refractivity contribution is 0.321. The van der Waals surface area contributed by atoms with Crippen molar-refractivity contribution in [1.82, 2.24) is 4.90 Å². The molecule has 112 valence electrons. The Balaban J connectivity index is 2.32. The molecular weight excluding hydrogens is 257 g/mol. The van der Waals surface area contributed by atoms with Gasteiger partial charge in [-0.25, -0.2) is 4.39 Å². The summed E-state index contributed by atoms with van der Waals surface area (Å²) in [6.07, 6.45) is 1.07. The van der Waals surface area contributed by atoms with Gasteiger partial charge in [0.25, 0.3) is 0 Å². The van der Waals surface area contributed by atoms with Crippen molar-refractivity contribution in [2.24, 2.45) is 0 Å². The maximum Gasteiger partial charge on any atom is 0.167 e. The Morgan fingerprint density at radius 2 is 2.15 bits per heavy atom. The van der Waals surface area contributed by atoms with Gasteiger partial charge in [-0.2, -0.15) is 0 Å². The van der Waals surface area contributed by atoms with E-state index in [0.717, 1.165) is 31.7 Å². The van der Waals surface area contributed by atoms with E-state index >= 15 is 0 Å². The van der Waals surface area contributed by atoms with E-state index < -0.39 is 5.82 Å². The molecule has 0 aliphatic carbocycles. The third-order valence-corrected chi connectivity index (χ3v) is 3.74. The first kappa shape index (κ1) is 14.9. The molecule has 1 aromatic carbocycles. The lowest BCUT2D eigenvalue weighted by atomic mass is 10.1. The molecule has 1 aliphatic rings. The van der Waals surface area contributed by atoms with Gasteiger partial charge in [-0.15, -0.1) is 0 Å². The fourth-order valence-electron chi connectivity index (χ4n) is 2.80. The maximum atomic E-state index is 13.8. The van der Waals surface area contributed by atoms with Crippen LogP contribution in [-0.4, -0.2) is 44.2 Å². The molecular formula is C15H24FN3O. The van der Waals surface area contributed by atoms with Crippen molar-refractivity contribution in [3.63, 3.8) is 0 Å². The highest BCUT2D eigenvalue weighted by molar-refractivity contribution is 5.70. The zero-order chi connectivity index (χ0) is 14.7. The second-order valence-electron chi connectivity index (χ2n) is 5.43. The minimum atomic E-state index is -0.396. The van der Waals surface area contributed by atoms with Crippen LogP contribution in [0, 0.1) is 5.82 Å². The average molecular weight is 281 g/mol. The molecule has 0 bridgehead atoms. The molecule has 2 rings (SSSR count). The van der Waals surface area contributed by atoms with Gasteiger partial charge in [0.05, 0.1) is 18.0 Å². The molecule has 1 saturated heterocycles. The summed E-state index contributed by atoms with van der Waals surface area (Å²) in [7, 11) is 2.12. The van der Waals surface area contributed by atoms with Gasteiger partial charge in [-0.1, -0.05) is 0 Å². The lowest BCUT2D eigenvalue weighted by Gasteiger charge is -2.31. The summed E-state index contributed by atoms with van der Waals surface area (Å²) in [5, 5.41) is 0. The molecule has 1 atom stereocenters. The first-order valence-corrected chi connectivity index (χ1v) is 7.20. The van der Waals surface area contributed by atoms with Crippen molar-refractivity contribution in [2.75, 3.05) is 43.9 Å². The monoisotopic (exact) mass is 281 g/mol. The Bertz CT molecular complexity index is 467. The van der Waals surface area contributed by atoms with Gasteiger partial charge in [0.1, 0.15) is 0 Å². The molecule has 0 amide bonds. The summed E-state index contributed by atoms with van der Waals surface area (Å²) in [4.78, 5) is 4.56. The summed E-state index contributed by atoms with van der Waals surface area (Å²) in [5.74, 6) is -0.116. The molecule has 0 saturated carbocycles. The van der Waals surface area contributed by atoms with E-state index in [1.54, 1.807) is 6.07 Å². The van der Waals surface area contributed by atoms with Gasteiger partial charge in [-0.05, 0) is 33.9 Å². The molecule has 1 unspecified atom stereocenters. The second-order valence-corrected chi connectivity index (χ2v) is 5.43. The maximum absolute atomic E-state index is 13.8. The van der Waals surface area contributed by atoms with Crippen molar-refractivity contribution in [1.29, 1.82) is 0 Å². The molecule has 2 N–H and O–H groups in total. The first-order chi connectivity index (χ1) is 9.52. The highest BCUT2D eigenvalue weighted by Crippen LogP contribution is 2.33. The number of ether oxygens (including phenoxy) is 1. The molecule has 20 heavy (non-hydrogen) atoms. The van der Waals surface area contributed by atoms with E-state index in [1.165, 1.54) is 6.07 Å². The van der Waals surface area contributed by atoms with Crippen LogP contribution in [0.2, 0.25) is 0 Å². The van der Waals surface area contributed by atoms with Crippen LogP contribution in [0.3, 0.4) is 0 Å². The molecule has 0 aromatic heterocycles. The normalized spacial score (nSPS) is 20.8. The molecule has 1 heterocycles. The average Bonchev–Trinajstić information content (AvgIpc) is 2.54. The van der Waals surface area contributed by atoms with Gasteiger partial charge >= 0.3 is 0 Å². The smallest absolute Gasteiger partial charge is 0.167 e. The van der Waals surface area contributed by atoms with Gasteiger partial charge in [0, 0.05) is 31.3 Å². The Morgan fingerprint density at radius 1 is 1.40 bits per heavy atom. The number of nitrogens with zero attached hydrogens (tertiary/aromatic N) is 2. The highest BCUT2D eigenvalue weighted by Gasteiger charge is 2.23. The van der Waals surface area contributed by atoms with Gasteiger partial charge < -0.3 is 20.3 Å². The van der Waals surface area contributed by atoms with E-state index in [-0.39, 0.29) is 5.75 Å². The van der Waals surface area contributed by atoms with Crippen molar-refractivity contribution in [3.05, 3.63) is 17.9 Å². The van der Waals surface area contributed by atoms with Crippen LogP contribution in [-0.2, 0) is 0 Å². The topological polar surface area (TPSA) is 41.7 Å². The molecule has 1 fully saturated rings. The summed E-state index contributed by atoms with van der Waals surface area (Å²) in [6, 6.07) is 3.43. The predicted octanol–water partition coefficient (Wildman–Crippen LogP) is 2.34. The highest BCUT2D eigenvalue weighted by atomic mass is 19.1. The summed E-state index contributed by atoms with van der Waals surface area (Å²) in [5.41, 5.74) is 7.36. The van der Waals surface area contributed by atoms with Crippen LogP contribution >= 0.6 is 0 Å². The van der Waals surface area contributed by atoms with Crippen LogP contribution in [0.15, 0.2) is 12.1 Å². The van der Waals surface area contributed by atoms with E-state index in [0.29, 0.717) is 18.3 Å². The lowest BCUT2D eigenvalue weighted by Crippen LogP contribution is -2.38. The second kappa shape index (κ2) is 6.31. The Hall–Kier alpha value is -1.49. The number of anilines is 2. The van der Waals surface area contributed by atoms with E-state index in [1.807, 2.05) is 6.92 Å². The van der Waals surface area contributed by atoms with E-state index in [4.69, 9.17) is 10.5 Å².